The maximum atomic E-state index is 12.8. The molecule has 5 heteroatoms. The molecule has 0 bridgehead atoms. The zero-order chi connectivity index (χ0) is 17.2. The Balaban J connectivity index is 1.37. The lowest BCUT2D eigenvalue weighted by atomic mass is 10.0. The molecule has 134 valence electrons. The van der Waals surface area contributed by atoms with Gasteiger partial charge in [0.2, 0.25) is 11.8 Å². The number of benzene rings is 1. The van der Waals surface area contributed by atoms with Crippen LogP contribution in [0.25, 0.3) is 0 Å². The molecule has 5 nitrogen and oxygen atoms in total. The fourth-order valence-corrected chi connectivity index (χ4v) is 4.54. The molecule has 1 saturated carbocycles. The number of fused-ring (bicyclic) bond motifs is 1. The Hall–Kier alpha value is -1.88. The van der Waals surface area contributed by atoms with Crippen molar-refractivity contribution in [1.29, 1.82) is 0 Å². The summed E-state index contributed by atoms with van der Waals surface area (Å²) in [6.45, 7) is 3.10. The summed E-state index contributed by atoms with van der Waals surface area (Å²) >= 11 is 0. The standard InChI is InChI=1S/C20H27N3O2/c24-19-14-21(12-13-22(19)17-8-2-3-9-17)15-20(25)23-11-5-7-16-6-1-4-10-18(16)23/h1,4,6,10,17H,2-3,5,7-9,11-15H2. The zero-order valence-electron chi connectivity index (χ0n) is 14.8. The predicted octanol–water partition coefficient (Wildman–Crippen LogP) is 2.05. The van der Waals surface area contributed by atoms with Gasteiger partial charge in [-0.2, -0.15) is 0 Å². The van der Waals surface area contributed by atoms with Crippen LogP contribution in [0, 0.1) is 0 Å². The molecule has 1 saturated heterocycles. The average Bonchev–Trinajstić information content (AvgIpc) is 3.15. The van der Waals surface area contributed by atoms with Gasteiger partial charge in [0.25, 0.3) is 0 Å². The smallest absolute Gasteiger partial charge is 0.241 e. The maximum absolute atomic E-state index is 12.8. The third-order valence-corrected chi connectivity index (χ3v) is 5.87. The Bertz CT molecular complexity index is 654. The fourth-order valence-electron chi connectivity index (χ4n) is 4.54. The van der Waals surface area contributed by atoms with Crippen molar-refractivity contribution in [1.82, 2.24) is 9.80 Å². The Morgan fingerprint density at radius 3 is 2.64 bits per heavy atom. The summed E-state index contributed by atoms with van der Waals surface area (Å²) in [6, 6.07) is 8.62. The monoisotopic (exact) mass is 341 g/mol. The molecule has 0 aromatic heterocycles. The van der Waals surface area contributed by atoms with Crippen LogP contribution in [0.5, 0.6) is 0 Å². The predicted molar refractivity (Wildman–Crippen MR) is 97.5 cm³/mol. The van der Waals surface area contributed by atoms with Crippen LogP contribution in [0.4, 0.5) is 5.69 Å². The van der Waals surface area contributed by atoms with Gasteiger partial charge >= 0.3 is 0 Å². The molecule has 0 N–H and O–H groups in total. The molecule has 1 aromatic carbocycles. The molecule has 25 heavy (non-hydrogen) atoms. The number of hydrogen-bond donors (Lipinski definition) is 0. The topological polar surface area (TPSA) is 43.9 Å². The minimum atomic E-state index is 0.120. The summed E-state index contributed by atoms with van der Waals surface area (Å²) in [5, 5.41) is 0. The first-order valence-corrected chi connectivity index (χ1v) is 9.62. The van der Waals surface area contributed by atoms with E-state index in [4.69, 9.17) is 0 Å². The fraction of sp³-hybridized carbons (Fsp3) is 0.600. The molecular weight excluding hydrogens is 314 g/mol. The third-order valence-electron chi connectivity index (χ3n) is 5.87. The van der Waals surface area contributed by atoms with Crippen molar-refractivity contribution in [2.24, 2.45) is 0 Å². The van der Waals surface area contributed by atoms with Crippen LogP contribution in [0.3, 0.4) is 0 Å². The number of anilines is 1. The van der Waals surface area contributed by atoms with Crippen molar-refractivity contribution in [2.75, 3.05) is 37.6 Å². The highest BCUT2D eigenvalue weighted by atomic mass is 16.2. The molecule has 1 aromatic rings. The van der Waals surface area contributed by atoms with E-state index in [1.54, 1.807) is 0 Å². The highest BCUT2D eigenvalue weighted by Crippen LogP contribution is 2.27. The normalized spacial score (nSPS) is 22.3. The first-order valence-electron chi connectivity index (χ1n) is 9.62. The second-order valence-corrected chi connectivity index (χ2v) is 7.51. The minimum absolute atomic E-state index is 0.120. The van der Waals surface area contributed by atoms with E-state index in [0.29, 0.717) is 19.1 Å². The number of piperazine rings is 1. The number of carbonyl (C=O) groups excluding carboxylic acids is 2. The van der Waals surface area contributed by atoms with Crippen molar-refractivity contribution >= 4 is 17.5 Å². The van der Waals surface area contributed by atoms with E-state index >= 15 is 0 Å². The van der Waals surface area contributed by atoms with Gasteiger partial charge < -0.3 is 9.80 Å². The van der Waals surface area contributed by atoms with Gasteiger partial charge in [0.1, 0.15) is 0 Å². The molecule has 2 amide bonds. The molecule has 2 fully saturated rings. The van der Waals surface area contributed by atoms with Gasteiger partial charge in [0, 0.05) is 31.4 Å². The summed E-state index contributed by atoms with van der Waals surface area (Å²) < 4.78 is 0. The molecule has 4 rings (SSSR count). The molecule has 0 radical (unpaired) electrons. The van der Waals surface area contributed by atoms with Gasteiger partial charge in [-0.1, -0.05) is 31.0 Å². The lowest BCUT2D eigenvalue weighted by Gasteiger charge is -2.38. The highest BCUT2D eigenvalue weighted by molar-refractivity contribution is 5.96. The van der Waals surface area contributed by atoms with E-state index in [1.807, 2.05) is 28.0 Å². The molecule has 3 aliphatic rings. The second-order valence-electron chi connectivity index (χ2n) is 7.51. The van der Waals surface area contributed by atoms with Gasteiger partial charge in [-0.05, 0) is 37.3 Å². The molecule has 0 atom stereocenters. The van der Waals surface area contributed by atoms with Crippen LogP contribution in [0.15, 0.2) is 24.3 Å². The summed E-state index contributed by atoms with van der Waals surface area (Å²) in [5.41, 5.74) is 2.30. The largest absolute Gasteiger partial charge is 0.337 e. The summed E-state index contributed by atoms with van der Waals surface area (Å²) in [6.07, 6.45) is 6.83. The number of amides is 2. The van der Waals surface area contributed by atoms with Crippen molar-refractivity contribution < 1.29 is 9.59 Å². The Morgan fingerprint density at radius 2 is 1.84 bits per heavy atom. The van der Waals surface area contributed by atoms with E-state index in [9.17, 15) is 9.59 Å². The van der Waals surface area contributed by atoms with Crippen LogP contribution in [-0.4, -0.2) is 60.4 Å². The van der Waals surface area contributed by atoms with Crippen molar-refractivity contribution in [3.8, 4) is 0 Å². The van der Waals surface area contributed by atoms with E-state index in [1.165, 1.54) is 18.4 Å². The maximum Gasteiger partial charge on any atom is 0.241 e. The minimum Gasteiger partial charge on any atom is -0.337 e. The molecule has 0 unspecified atom stereocenters. The van der Waals surface area contributed by atoms with E-state index in [2.05, 4.69) is 11.0 Å². The van der Waals surface area contributed by atoms with Gasteiger partial charge in [-0.3, -0.25) is 14.5 Å². The molecule has 0 spiro atoms. The first-order chi connectivity index (χ1) is 12.2. The Kier molecular flexibility index (Phi) is 4.75. The van der Waals surface area contributed by atoms with Crippen LogP contribution in [0.2, 0.25) is 0 Å². The van der Waals surface area contributed by atoms with Crippen LogP contribution < -0.4 is 4.90 Å². The van der Waals surface area contributed by atoms with Crippen molar-refractivity contribution in [3.05, 3.63) is 29.8 Å². The van der Waals surface area contributed by atoms with E-state index in [-0.39, 0.29) is 11.8 Å². The molecule has 2 aliphatic heterocycles. The third kappa shape index (κ3) is 3.43. The van der Waals surface area contributed by atoms with Gasteiger partial charge in [-0.15, -0.1) is 0 Å². The molecule has 2 heterocycles. The van der Waals surface area contributed by atoms with Crippen LogP contribution in [0.1, 0.15) is 37.7 Å². The van der Waals surface area contributed by atoms with Crippen molar-refractivity contribution in [3.63, 3.8) is 0 Å². The number of carbonyl (C=O) groups is 2. The van der Waals surface area contributed by atoms with E-state index < -0.39 is 0 Å². The summed E-state index contributed by atoms with van der Waals surface area (Å²) in [4.78, 5) is 31.3. The Labute approximate surface area is 149 Å². The summed E-state index contributed by atoms with van der Waals surface area (Å²) in [5.74, 6) is 0.319. The van der Waals surface area contributed by atoms with Gasteiger partial charge in [0.15, 0.2) is 0 Å². The second kappa shape index (κ2) is 7.16. The molecule has 1 aliphatic carbocycles. The van der Waals surface area contributed by atoms with Crippen LogP contribution >= 0.6 is 0 Å². The SMILES string of the molecule is O=C(CN1CCN(C2CCCC2)C(=O)C1)N1CCCc2ccccc21. The zero-order valence-corrected chi connectivity index (χ0v) is 14.8. The number of rotatable bonds is 3. The molecular formula is C20H27N3O2. The first kappa shape index (κ1) is 16.6. The number of aryl methyl sites for hydroxylation is 1. The van der Waals surface area contributed by atoms with Gasteiger partial charge in [-0.25, -0.2) is 0 Å². The average molecular weight is 341 g/mol. The van der Waals surface area contributed by atoms with E-state index in [0.717, 1.165) is 51.0 Å². The van der Waals surface area contributed by atoms with Gasteiger partial charge in [0.05, 0.1) is 13.1 Å². The lowest BCUT2D eigenvalue weighted by Crippen LogP contribution is -2.55. The number of para-hydroxylation sites is 1. The summed E-state index contributed by atoms with van der Waals surface area (Å²) in [7, 11) is 0. The van der Waals surface area contributed by atoms with Crippen LogP contribution in [-0.2, 0) is 16.0 Å². The number of nitrogens with zero attached hydrogens (tertiary/aromatic N) is 3. The Morgan fingerprint density at radius 1 is 1.04 bits per heavy atom. The highest BCUT2D eigenvalue weighted by Gasteiger charge is 2.32. The lowest BCUT2D eigenvalue weighted by molar-refractivity contribution is -0.139. The quantitative estimate of drug-likeness (QED) is 0.845. The number of hydrogen-bond acceptors (Lipinski definition) is 3. The van der Waals surface area contributed by atoms with Crippen molar-refractivity contribution in [2.45, 2.75) is 44.6 Å².